The van der Waals surface area contributed by atoms with E-state index in [0.29, 0.717) is 17.2 Å². The highest BCUT2D eigenvalue weighted by molar-refractivity contribution is 9.10. The van der Waals surface area contributed by atoms with Gasteiger partial charge in [0.25, 0.3) is 0 Å². The third-order valence-corrected chi connectivity index (χ3v) is 4.70. The minimum atomic E-state index is -0.278. The average Bonchev–Trinajstić information content (AvgIpc) is 3.17. The fraction of sp³-hybridized carbons (Fsp3) is 0. The van der Waals surface area contributed by atoms with Gasteiger partial charge in [-0.3, -0.25) is 5.41 Å². The maximum absolute atomic E-state index is 7.37. The topological polar surface area (TPSA) is 101 Å². The fourth-order valence-electron chi connectivity index (χ4n) is 2.61. The van der Waals surface area contributed by atoms with Crippen LogP contribution in [0.3, 0.4) is 0 Å². The monoisotopic (exact) mass is 510 g/mol. The molecule has 0 aliphatic heterocycles. The van der Waals surface area contributed by atoms with Crippen molar-refractivity contribution in [2.75, 3.05) is 0 Å². The summed E-state index contributed by atoms with van der Waals surface area (Å²) >= 11 is 6.90. The van der Waals surface area contributed by atoms with Crippen LogP contribution < -0.4 is 11.2 Å². The molecule has 0 unspecified atom stereocenters. The lowest BCUT2D eigenvalue weighted by atomic mass is 10.2. The summed E-state index contributed by atoms with van der Waals surface area (Å²) in [5, 5.41) is 13.4. The summed E-state index contributed by atoms with van der Waals surface area (Å²) in [6.07, 6.45) is 0. The van der Waals surface area contributed by atoms with Gasteiger partial charge in [-0.25, -0.2) is 5.43 Å². The number of nitrogens with zero attached hydrogens (tertiary/aromatic N) is 1. The Kier molecular flexibility index (Phi) is 5.59. The number of nitrogens with two attached hydrogens (primary N) is 1. The molecular weight excluding hydrogens is 499 g/mol. The van der Waals surface area contributed by atoms with Gasteiger partial charge in [0.05, 0.1) is 0 Å². The summed E-state index contributed by atoms with van der Waals surface area (Å²) in [7, 11) is 0. The predicted octanol–water partition coefficient (Wildman–Crippen LogP) is 5.36. The first-order valence-electron chi connectivity index (χ1n) is 7.56. The number of fused-ring (bicyclic) bond motifs is 2. The predicted molar refractivity (Wildman–Crippen MR) is 116 cm³/mol. The van der Waals surface area contributed by atoms with Gasteiger partial charge in [-0.05, 0) is 48.5 Å². The highest BCUT2D eigenvalue weighted by Gasteiger charge is 2.18. The number of hydrogen-bond acceptors (Lipinski definition) is 4. The van der Waals surface area contributed by atoms with Gasteiger partial charge in [0.15, 0.2) is 17.2 Å². The first-order chi connectivity index (χ1) is 12.5. The van der Waals surface area contributed by atoms with Crippen molar-refractivity contribution in [1.29, 1.82) is 5.41 Å². The molecule has 138 valence electrons. The van der Waals surface area contributed by atoms with Gasteiger partial charge < -0.3 is 14.6 Å². The molecule has 0 bridgehead atoms. The second kappa shape index (κ2) is 7.75. The Balaban J connectivity index is 0.00000210. The highest BCUT2D eigenvalue weighted by atomic mass is 79.9. The van der Waals surface area contributed by atoms with Crippen LogP contribution in [0.4, 0.5) is 0 Å². The van der Waals surface area contributed by atoms with Gasteiger partial charge in [0.1, 0.15) is 11.2 Å². The summed E-state index contributed by atoms with van der Waals surface area (Å²) in [4.78, 5) is 0. The van der Waals surface area contributed by atoms with E-state index in [1.54, 1.807) is 0 Å². The molecule has 0 saturated heterocycles. The van der Waals surface area contributed by atoms with Crippen molar-refractivity contribution in [1.82, 2.24) is 5.43 Å². The van der Waals surface area contributed by atoms with Crippen molar-refractivity contribution >= 4 is 77.9 Å². The van der Waals surface area contributed by atoms with E-state index >= 15 is 0 Å². The zero-order chi connectivity index (χ0) is 18.3. The molecule has 4 rings (SSSR count). The van der Waals surface area contributed by atoms with E-state index in [2.05, 4.69) is 42.4 Å². The SMILES string of the molecule is Cl.N=C(N)NN=C(c1cc2cc(Br)ccc2o1)c1cc2cc(Br)ccc2o1. The number of rotatable bonds is 3. The number of nitrogens with one attached hydrogen (secondary N) is 2. The van der Waals surface area contributed by atoms with Crippen molar-refractivity contribution in [3.05, 3.63) is 69.0 Å². The Morgan fingerprint density at radius 2 is 1.37 bits per heavy atom. The van der Waals surface area contributed by atoms with E-state index in [0.717, 1.165) is 30.9 Å². The van der Waals surface area contributed by atoms with Crippen LogP contribution in [0.1, 0.15) is 11.5 Å². The van der Waals surface area contributed by atoms with Gasteiger partial charge >= 0.3 is 0 Å². The number of benzene rings is 2. The molecule has 0 fully saturated rings. The molecule has 0 atom stereocenters. The molecule has 4 N–H and O–H groups in total. The van der Waals surface area contributed by atoms with Gasteiger partial charge in [0.2, 0.25) is 5.96 Å². The Morgan fingerprint density at radius 3 is 1.81 bits per heavy atom. The molecule has 0 radical (unpaired) electrons. The van der Waals surface area contributed by atoms with Gasteiger partial charge in [-0.1, -0.05) is 31.9 Å². The molecule has 0 saturated carbocycles. The number of hydrazone groups is 1. The summed E-state index contributed by atoms with van der Waals surface area (Å²) < 4.78 is 13.7. The summed E-state index contributed by atoms with van der Waals surface area (Å²) in [6, 6.07) is 15.2. The Labute approximate surface area is 176 Å². The molecule has 0 spiro atoms. The largest absolute Gasteiger partial charge is 0.454 e. The van der Waals surface area contributed by atoms with Crippen LogP contribution >= 0.6 is 44.3 Å². The zero-order valence-electron chi connectivity index (χ0n) is 13.6. The lowest BCUT2D eigenvalue weighted by molar-refractivity contribution is 0.581. The smallest absolute Gasteiger partial charge is 0.206 e. The lowest BCUT2D eigenvalue weighted by Crippen LogP contribution is -2.27. The van der Waals surface area contributed by atoms with E-state index in [4.69, 9.17) is 20.0 Å². The molecule has 0 amide bonds. The second-order valence-electron chi connectivity index (χ2n) is 5.57. The van der Waals surface area contributed by atoms with Gasteiger partial charge in [0, 0.05) is 19.7 Å². The van der Waals surface area contributed by atoms with Crippen molar-refractivity contribution < 1.29 is 8.83 Å². The fourth-order valence-corrected chi connectivity index (χ4v) is 3.37. The molecule has 9 heteroatoms. The molecule has 6 nitrogen and oxygen atoms in total. The lowest BCUT2D eigenvalue weighted by Gasteiger charge is -2.01. The minimum absolute atomic E-state index is 0. The van der Waals surface area contributed by atoms with Crippen LogP contribution in [-0.4, -0.2) is 11.7 Å². The number of furan rings is 2. The van der Waals surface area contributed by atoms with Crippen molar-refractivity contribution in [2.45, 2.75) is 0 Å². The normalized spacial score (nSPS) is 10.6. The number of guanidine groups is 1. The molecule has 0 aliphatic carbocycles. The molecular formula is C18H13Br2ClN4O2. The van der Waals surface area contributed by atoms with E-state index in [1.807, 2.05) is 48.5 Å². The Bertz CT molecular complexity index is 1100. The highest BCUT2D eigenvalue weighted by Crippen LogP contribution is 2.28. The molecule has 4 aromatic rings. The van der Waals surface area contributed by atoms with Gasteiger partial charge in [-0.2, -0.15) is 5.10 Å². The average molecular weight is 513 g/mol. The number of hydrogen-bond donors (Lipinski definition) is 3. The summed E-state index contributed by atoms with van der Waals surface area (Å²) in [5.74, 6) is 0.732. The van der Waals surface area contributed by atoms with Crippen LogP contribution in [0.2, 0.25) is 0 Å². The second-order valence-corrected chi connectivity index (χ2v) is 7.40. The van der Waals surface area contributed by atoms with Crippen molar-refractivity contribution in [2.24, 2.45) is 10.8 Å². The first-order valence-corrected chi connectivity index (χ1v) is 9.15. The standard InChI is InChI=1S/C18H12Br2N4O2.ClH/c19-11-1-3-13-9(5-11)7-15(25-13)17(23-24-18(21)22)16-8-10-6-12(20)2-4-14(10)26-16;/h1-8H,(H4,21,22,24);1H. The Hall–Kier alpha value is -2.29. The van der Waals surface area contributed by atoms with E-state index in [9.17, 15) is 0 Å². The minimum Gasteiger partial charge on any atom is -0.454 e. The van der Waals surface area contributed by atoms with Gasteiger partial charge in [-0.15, -0.1) is 12.4 Å². The van der Waals surface area contributed by atoms with Crippen molar-refractivity contribution in [3.63, 3.8) is 0 Å². The van der Waals surface area contributed by atoms with Crippen LogP contribution in [-0.2, 0) is 0 Å². The number of halogens is 3. The quantitative estimate of drug-likeness (QED) is 0.195. The van der Waals surface area contributed by atoms with Crippen LogP contribution in [0, 0.1) is 5.41 Å². The third kappa shape index (κ3) is 4.02. The van der Waals surface area contributed by atoms with E-state index in [-0.39, 0.29) is 18.4 Å². The van der Waals surface area contributed by atoms with Crippen LogP contribution in [0.25, 0.3) is 21.9 Å². The van der Waals surface area contributed by atoms with Crippen LogP contribution in [0.5, 0.6) is 0 Å². The maximum atomic E-state index is 7.37. The molecule has 2 heterocycles. The summed E-state index contributed by atoms with van der Waals surface area (Å²) in [5.41, 5.74) is 9.70. The maximum Gasteiger partial charge on any atom is 0.206 e. The molecule has 0 aliphatic rings. The molecule has 2 aromatic carbocycles. The molecule has 2 aromatic heterocycles. The summed E-state index contributed by atoms with van der Waals surface area (Å²) in [6.45, 7) is 0. The van der Waals surface area contributed by atoms with E-state index < -0.39 is 0 Å². The van der Waals surface area contributed by atoms with Crippen LogP contribution in [0.15, 0.2) is 71.4 Å². The first kappa shape index (κ1) is 19.5. The third-order valence-electron chi connectivity index (χ3n) is 3.71. The zero-order valence-corrected chi connectivity index (χ0v) is 17.6. The Morgan fingerprint density at radius 1 is 0.889 bits per heavy atom. The molecule has 27 heavy (non-hydrogen) atoms. The van der Waals surface area contributed by atoms with Crippen molar-refractivity contribution in [3.8, 4) is 0 Å². The van der Waals surface area contributed by atoms with E-state index in [1.165, 1.54) is 0 Å².